The first kappa shape index (κ1) is 18.7. The molecule has 0 radical (unpaired) electrons. The molecule has 0 unspecified atom stereocenters. The minimum absolute atomic E-state index is 0.0214. The highest BCUT2D eigenvalue weighted by Gasteiger charge is 2.08. The molecule has 1 aromatic carbocycles. The Hall–Kier alpha value is -2.61. The first-order chi connectivity index (χ1) is 12.0. The number of amides is 2. The van der Waals surface area contributed by atoms with Crippen molar-refractivity contribution in [1.82, 2.24) is 20.6 Å². The third-order valence-electron chi connectivity index (χ3n) is 3.34. The van der Waals surface area contributed by atoms with E-state index in [1.165, 1.54) is 13.1 Å². The van der Waals surface area contributed by atoms with Crippen LogP contribution in [0.4, 0.5) is 0 Å². The third kappa shape index (κ3) is 6.42. The number of nitrogens with zero attached hydrogens (tertiary/aromatic N) is 1. The minimum Gasteiger partial charge on any atom is -0.359 e. The lowest BCUT2D eigenvalue weighted by molar-refractivity contribution is -0.120. The maximum atomic E-state index is 11.9. The highest BCUT2D eigenvalue weighted by atomic mass is 32.2. The molecule has 132 valence electrons. The lowest BCUT2D eigenvalue weighted by atomic mass is 10.1. The predicted octanol–water partition coefficient (Wildman–Crippen LogP) is 0.775. The summed E-state index contributed by atoms with van der Waals surface area (Å²) >= 11 is 1.12. The van der Waals surface area contributed by atoms with Crippen molar-refractivity contribution in [2.24, 2.45) is 0 Å². The summed E-state index contributed by atoms with van der Waals surface area (Å²) in [5, 5.41) is 5.61. The van der Waals surface area contributed by atoms with E-state index in [4.69, 9.17) is 0 Å². The van der Waals surface area contributed by atoms with Gasteiger partial charge in [0.25, 0.3) is 5.56 Å². The van der Waals surface area contributed by atoms with Crippen LogP contribution in [-0.2, 0) is 22.6 Å². The number of nitrogens with one attached hydrogen (secondary N) is 3. The number of carbonyl (C=O) groups is 2. The van der Waals surface area contributed by atoms with Gasteiger partial charge in [0.05, 0.1) is 17.9 Å². The summed E-state index contributed by atoms with van der Waals surface area (Å²) in [6, 6.07) is 9.18. The summed E-state index contributed by atoms with van der Waals surface area (Å²) in [7, 11) is 1.52. The Bertz CT molecular complexity index is 802. The molecule has 1 aromatic heterocycles. The number of hydrogen-bond acceptors (Lipinski definition) is 5. The van der Waals surface area contributed by atoms with Gasteiger partial charge in [-0.2, -0.15) is 0 Å². The third-order valence-corrected chi connectivity index (χ3v) is 4.22. The van der Waals surface area contributed by atoms with E-state index in [0.717, 1.165) is 22.9 Å². The summed E-state index contributed by atoms with van der Waals surface area (Å²) in [4.78, 5) is 41.7. The van der Waals surface area contributed by atoms with Crippen molar-refractivity contribution in [1.29, 1.82) is 0 Å². The molecular formula is C17H20N4O3S. The molecule has 0 fully saturated rings. The van der Waals surface area contributed by atoms with E-state index in [2.05, 4.69) is 20.6 Å². The van der Waals surface area contributed by atoms with E-state index < -0.39 is 0 Å². The Kier molecular flexibility index (Phi) is 6.76. The Labute approximate surface area is 149 Å². The van der Waals surface area contributed by atoms with Gasteiger partial charge in [0.1, 0.15) is 0 Å². The molecule has 8 heteroatoms. The highest BCUT2D eigenvalue weighted by Crippen LogP contribution is 2.11. The number of aryl methyl sites for hydroxylation is 1. The zero-order chi connectivity index (χ0) is 18.2. The smallest absolute Gasteiger partial charge is 0.251 e. The molecule has 0 spiro atoms. The Balaban J connectivity index is 1.87. The maximum Gasteiger partial charge on any atom is 0.251 e. The lowest BCUT2D eigenvalue weighted by Crippen LogP contribution is -2.25. The number of likely N-dealkylation sites (N-methyl/N-ethyl adjacent to an activating group) is 1. The van der Waals surface area contributed by atoms with Gasteiger partial charge in [0.15, 0.2) is 5.16 Å². The quantitative estimate of drug-likeness (QED) is 0.500. The minimum atomic E-state index is -0.350. The van der Waals surface area contributed by atoms with Crippen molar-refractivity contribution in [2.75, 3.05) is 12.8 Å². The van der Waals surface area contributed by atoms with Crippen molar-refractivity contribution in [2.45, 2.75) is 25.0 Å². The van der Waals surface area contributed by atoms with Crippen LogP contribution in [-0.4, -0.2) is 34.6 Å². The van der Waals surface area contributed by atoms with Gasteiger partial charge in [0.2, 0.25) is 11.8 Å². The van der Waals surface area contributed by atoms with Crippen LogP contribution in [0.25, 0.3) is 0 Å². The monoisotopic (exact) mass is 360 g/mol. The van der Waals surface area contributed by atoms with Crippen LogP contribution in [0.3, 0.4) is 0 Å². The van der Waals surface area contributed by atoms with Gasteiger partial charge in [-0.15, -0.1) is 0 Å². The molecule has 0 aliphatic rings. The molecular weight excluding hydrogens is 340 g/mol. The van der Waals surface area contributed by atoms with Crippen molar-refractivity contribution < 1.29 is 9.59 Å². The molecule has 2 aromatic rings. The topological polar surface area (TPSA) is 104 Å². The molecule has 3 N–H and O–H groups in total. The summed E-state index contributed by atoms with van der Waals surface area (Å²) < 4.78 is 0. The number of aromatic amines is 1. The van der Waals surface area contributed by atoms with Crippen LogP contribution in [0.15, 0.2) is 40.3 Å². The summed E-state index contributed by atoms with van der Waals surface area (Å²) in [6.07, 6.45) is 0.0214. The lowest BCUT2D eigenvalue weighted by Gasteiger charge is -2.06. The largest absolute Gasteiger partial charge is 0.359 e. The number of thioether (sulfide) groups is 1. The molecule has 7 nitrogen and oxygen atoms in total. The Morgan fingerprint density at radius 3 is 2.60 bits per heavy atom. The Morgan fingerprint density at radius 1 is 1.20 bits per heavy atom. The fourth-order valence-corrected chi connectivity index (χ4v) is 2.71. The van der Waals surface area contributed by atoms with Gasteiger partial charge in [-0.05, 0) is 12.5 Å². The molecule has 25 heavy (non-hydrogen) atoms. The maximum absolute atomic E-state index is 11.9. The van der Waals surface area contributed by atoms with Crippen LogP contribution in [0.2, 0.25) is 0 Å². The summed E-state index contributed by atoms with van der Waals surface area (Å²) in [5.74, 6) is -0.270. The highest BCUT2D eigenvalue weighted by molar-refractivity contribution is 7.99. The van der Waals surface area contributed by atoms with Gasteiger partial charge in [-0.25, -0.2) is 4.98 Å². The van der Waals surface area contributed by atoms with Gasteiger partial charge in [0, 0.05) is 19.7 Å². The second-order valence-electron chi connectivity index (χ2n) is 5.44. The van der Waals surface area contributed by atoms with Gasteiger partial charge in [-0.3, -0.25) is 14.4 Å². The van der Waals surface area contributed by atoms with Crippen LogP contribution in [0, 0.1) is 6.92 Å². The predicted molar refractivity (Wildman–Crippen MR) is 96.4 cm³/mol. The fraction of sp³-hybridized carbons (Fsp3) is 0.294. The molecule has 0 aliphatic heterocycles. The van der Waals surface area contributed by atoms with Crippen molar-refractivity contribution >= 4 is 23.6 Å². The molecule has 0 saturated carbocycles. The number of aromatic nitrogens is 2. The number of hydrogen-bond donors (Lipinski definition) is 3. The standard InChI is InChI=1S/C17H20N4O3S/c1-11-3-5-12(6-4-11)9-19-16(24)10-25-17-20-13(7-14(22)18-2)8-15(23)21-17/h3-6,8H,7,9-10H2,1-2H3,(H,18,22)(H,19,24)(H,20,21,23). The van der Waals surface area contributed by atoms with Crippen LogP contribution < -0.4 is 16.2 Å². The van der Waals surface area contributed by atoms with E-state index in [9.17, 15) is 14.4 Å². The van der Waals surface area contributed by atoms with E-state index >= 15 is 0 Å². The van der Waals surface area contributed by atoms with E-state index in [1.807, 2.05) is 31.2 Å². The van der Waals surface area contributed by atoms with Gasteiger partial charge in [-0.1, -0.05) is 41.6 Å². The van der Waals surface area contributed by atoms with E-state index in [-0.39, 0.29) is 29.5 Å². The van der Waals surface area contributed by atoms with Crippen molar-refractivity contribution in [3.8, 4) is 0 Å². The number of carbonyl (C=O) groups excluding carboxylic acids is 2. The normalized spacial score (nSPS) is 10.3. The molecule has 1 heterocycles. The number of H-pyrrole nitrogens is 1. The van der Waals surface area contributed by atoms with Crippen molar-refractivity contribution in [3.63, 3.8) is 0 Å². The summed E-state index contributed by atoms with van der Waals surface area (Å²) in [5.41, 5.74) is 2.20. The average molecular weight is 360 g/mol. The number of rotatable bonds is 7. The second kappa shape index (κ2) is 9.03. The molecule has 0 aliphatic carbocycles. The molecule has 2 rings (SSSR count). The van der Waals surface area contributed by atoms with E-state index in [1.54, 1.807) is 0 Å². The zero-order valence-corrected chi connectivity index (χ0v) is 14.9. The van der Waals surface area contributed by atoms with E-state index in [0.29, 0.717) is 17.4 Å². The fourth-order valence-electron chi connectivity index (χ4n) is 1.99. The molecule has 0 bridgehead atoms. The van der Waals surface area contributed by atoms with Gasteiger partial charge < -0.3 is 15.6 Å². The van der Waals surface area contributed by atoms with Crippen LogP contribution in [0.5, 0.6) is 0 Å². The first-order valence-corrected chi connectivity index (χ1v) is 8.70. The SMILES string of the molecule is CNC(=O)Cc1cc(=O)[nH]c(SCC(=O)NCc2ccc(C)cc2)n1. The average Bonchev–Trinajstić information content (AvgIpc) is 2.59. The number of benzene rings is 1. The Morgan fingerprint density at radius 2 is 1.92 bits per heavy atom. The van der Waals surface area contributed by atoms with Crippen LogP contribution in [0.1, 0.15) is 16.8 Å². The molecule has 0 saturated heterocycles. The second-order valence-corrected chi connectivity index (χ2v) is 6.41. The van der Waals surface area contributed by atoms with Crippen LogP contribution >= 0.6 is 11.8 Å². The zero-order valence-electron chi connectivity index (χ0n) is 14.1. The first-order valence-electron chi connectivity index (χ1n) is 7.72. The van der Waals surface area contributed by atoms with Crippen molar-refractivity contribution in [3.05, 3.63) is 57.5 Å². The summed E-state index contributed by atoms with van der Waals surface area (Å²) in [6.45, 7) is 2.45. The van der Waals surface area contributed by atoms with Gasteiger partial charge >= 0.3 is 0 Å². The molecule has 0 atom stereocenters. The molecule has 2 amide bonds.